The van der Waals surface area contributed by atoms with E-state index in [-0.39, 0.29) is 24.5 Å². The van der Waals surface area contributed by atoms with Gasteiger partial charge in [0, 0.05) is 28.4 Å². The summed E-state index contributed by atoms with van der Waals surface area (Å²) in [6, 6.07) is 9.55. The molecule has 4 aromatic rings. The van der Waals surface area contributed by atoms with E-state index in [0.29, 0.717) is 28.9 Å². The van der Waals surface area contributed by atoms with Crippen LogP contribution in [0.1, 0.15) is 44.0 Å². The van der Waals surface area contributed by atoms with Crippen LogP contribution in [-0.4, -0.2) is 65.4 Å². The first-order valence-corrected chi connectivity index (χ1v) is 11.2. The van der Waals surface area contributed by atoms with E-state index in [9.17, 15) is 14.4 Å². The summed E-state index contributed by atoms with van der Waals surface area (Å²) in [5, 5.41) is 10.2. The Hall–Kier alpha value is -4.41. The lowest BCUT2D eigenvalue weighted by Crippen LogP contribution is -2.19. The standard InChI is InChI=1S/C25H26N4O7/c1-6-36-23(30)19-14(2)28(21-16-10-8-7-9-15(16)18(33-3)13-17(19)21)11-12-29-22(25(32)35-5)20(26-27-29)24(31)34-4/h7-10,13H,6,11-12H2,1-5H3. The fraction of sp³-hybridized carbons (Fsp3) is 0.320. The number of aryl methyl sites for hydroxylation is 2. The first-order valence-electron chi connectivity index (χ1n) is 11.2. The zero-order chi connectivity index (χ0) is 26.0. The fourth-order valence-corrected chi connectivity index (χ4v) is 4.41. The van der Waals surface area contributed by atoms with E-state index in [1.54, 1.807) is 14.0 Å². The van der Waals surface area contributed by atoms with Crippen LogP contribution in [0.15, 0.2) is 30.3 Å². The van der Waals surface area contributed by atoms with Crippen LogP contribution in [0.25, 0.3) is 21.7 Å². The maximum Gasteiger partial charge on any atom is 0.361 e. The maximum absolute atomic E-state index is 13.0. The van der Waals surface area contributed by atoms with E-state index < -0.39 is 17.9 Å². The van der Waals surface area contributed by atoms with Gasteiger partial charge in [-0.2, -0.15) is 0 Å². The van der Waals surface area contributed by atoms with Crippen LogP contribution in [0.2, 0.25) is 0 Å². The number of hydrogen-bond donors (Lipinski definition) is 0. The molecular weight excluding hydrogens is 468 g/mol. The van der Waals surface area contributed by atoms with E-state index in [4.69, 9.17) is 18.9 Å². The lowest BCUT2D eigenvalue weighted by Gasteiger charge is -2.13. The molecule has 0 N–H and O–H groups in total. The number of rotatable bonds is 8. The number of nitrogens with zero attached hydrogens (tertiary/aromatic N) is 4. The minimum atomic E-state index is -0.799. The predicted octanol–water partition coefficient (Wildman–Crippen LogP) is 3.15. The van der Waals surface area contributed by atoms with Gasteiger partial charge >= 0.3 is 17.9 Å². The van der Waals surface area contributed by atoms with Crippen molar-refractivity contribution >= 4 is 39.6 Å². The highest BCUT2D eigenvalue weighted by molar-refractivity contribution is 6.16. The van der Waals surface area contributed by atoms with Crippen LogP contribution in [0.4, 0.5) is 0 Å². The molecular formula is C25H26N4O7. The minimum Gasteiger partial charge on any atom is -0.496 e. The van der Waals surface area contributed by atoms with Gasteiger partial charge in [0.05, 0.1) is 45.6 Å². The Morgan fingerprint density at radius 3 is 2.25 bits per heavy atom. The number of benzene rings is 2. The van der Waals surface area contributed by atoms with Crippen molar-refractivity contribution in [2.24, 2.45) is 0 Å². The molecule has 0 aliphatic carbocycles. The number of hydrogen-bond acceptors (Lipinski definition) is 9. The molecule has 0 saturated heterocycles. The first kappa shape index (κ1) is 24.7. The molecule has 0 radical (unpaired) electrons. The molecule has 0 fully saturated rings. The largest absolute Gasteiger partial charge is 0.496 e. The number of aromatic nitrogens is 4. The summed E-state index contributed by atoms with van der Waals surface area (Å²) in [5.41, 5.74) is 1.56. The van der Waals surface area contributed by atoms with Crippen molar-refractivity contribution in [2.75, 3.05) is 27.9 Å². The van der Waals surface area contributed by atoms with Gasteiger partial charge in [-0.3, -0.25) is 0 Å². The Labute approximate surface area is 206 Å². The third-order valence-electron chi connectivity index (χ3n) is 6.01. The second-order valence-electron chi connectivity index (χ2n) is 7.85. The van der Waals surface area contributed by atoms with Crippen LogP contribution in [-0.2, 0) is 27.3 Å². The highest BCUT2D eigenvalue weighted by Crippen LogP contribution is 2.38. The van der Waals surface area contributed by atoms with Crippen molar-refractivity contribution in [3.05, 3.63) is 53.0 Å². The van der Waals surface area contributed by atoms with Crippen molar-refractivity contribution in [1.29, 1.82) is 0 Å². The van der Waals surface area contributed by atoms with Gasteiger partial charge in [-0.25, -0.2) is 19.1 Å². The SMILES string of the molecule is CCOC(=O)c1c(C)n(CCn2nnc(C(=O)OC)c2C(=O)OC)c2c1cc(OC)c1ccccc12. The molecule has 36 heavy (non-hydrogen) atoms. The molecule has 11 heteroatoms. The highest BCUT2D eigenvalue weighted by atomic mass is 16.5. The van der Waals surface area contributed by atoms with E-state index in [1.807, 2.05) is 41.8 Å². The van der Waals surface area contributed by atoms with Crippen LogP contribution >= 0.6 is 0 Å². The molecule has 0 unspecified atom stereocenters. The van der Waals surface area contributed by atoms with E-state index in [0.717, 1.165) is 16.3 Å². The molecule has 2 aromatic heterocycles. The second-order valence-corrected chi connectivity index (χ2v) is 7.85. The zero-order valence-electron chi connectivity index (χ0n) is 20.7. The molecule has 4 rings (SSSR count). The summed E-state index contributed by atoms with van der Waals surface area (Å²) in [4.78, 5) is 37.5. The zero-order valence-corrected chi connectivity index (χ0v) is 20.7. The highest BCUT2D eigenvalue weighted by Gasteiger charge is 2.28. The van der Waals surface area contributed by atoms with Gasteiger partial charge in [0.2, 0.25) is 5.69 Å². The maximum atomic E-state index is 13.0. The Kier molecular flexibility index (Phi) is 6.91. The molecule has 11 nitrogen and oxygen atoms in total. The summed E-state index contributed by atoms with van der Waals surface area (Å²) in [5.74, 6) is -1.38. The molecule has 0 aliphatic rings. The van der Waals surface area contributed by atoms with Gasteiger partial charge < -0.3 is 23.5 Å². The van der Waals surface area contributed by atoms with E-state index >= 15 is 0 Å². The topological polar surface area (TPSA) is 124 Å². The van der Waals surface area contributed by atoms with Crippen molar-refractivity contribution in [3.8, 4) is 5.75 Å². The average molecular weight is 495 g/mol. The number of ether oxygens (including phenoxy) is 4. The van der Waals surface area contributed by atoms with Gasteiger partial charge in [-0.05, 0) is 19.9 Å². The molecule has 0 bridgehead atoms. The molecule has 2 heterocycles. The van der Waals surface area contributed by atoms with E-state index in [1.165, 1.54) is 18.9 Å². The number of methoxy groups -OCH3 is 3. The smallest absolute Gasteiger partial charge is 0.361 e. The van der Waals surface area contributed by atoms with Crippen LogP contribution in [0.5, 0.6) is 5.75 Å². The summed E-state index contributed by atoms with van der Waals surface area (Å²) in [6.45, 7) is 4.26. The van der Waals surface area contributed by atoms with Crippen molar-refractivity contribution in [1.82, 2.24) is 19.6 Å². The third-order valence-corrected chi connectivity index (χ3v) is 6.01. The molecule has 0 aliphatic heterocycles. The Morgan fingerprint density at radius 1 is 0.917 bits per heavy atom. The molecule has 0 saturated carbocycles. The Balaban J connectivity index is 1.90. The summed E-state index contributed by atoms with van der Waals surface area (Å²) < 4.78 is 23.8. The predicted molar refractivity (Wildman–Crippen MR) is 129 cm³/mol. The van der Waals surface area contributed by atoms with Gasteiger partial charge in [-0.1, -0.05) is 29.5 Å². The first-order chi connectivity index (χ1) is 17.4. The lowest BCUT2D eigenvalue weighted by molar-refractivity contribution is 0.0526. The number of fused-ring (bicyclic) bond motifs is 3. The lowest BCUT2D eigenvalue weighted by atomic mass is 10.0. The van der Waals surface area contributed by atoms with Gasteiger partial charge in [0.25, 0.3) is 0 Å². The molecule has 0 atom stereocenters. The van der Waals surface area contributed by atoms with Crippen LogP contribution in [0, 0.1) is 6.92 Å². The van der Waals surface area contributed by atoms with Crippen molar-refractivity contribution < 1.29 is 33.3 Å². The third kappa shape index (κ3) is 4.02. The van der Waals surface area contributed by atoms with Crippen molar-refractivity contribution in [3.63, 3.8) is 0 Å². The number of carbonyl (C=O) groups is 3. The van der Waals surface area contributed by atoms with E-state index in [2.05, 4.69) is 10.3 Å². The summed E-state index contributed by atoms with van der Waals surface area (Å²) in [7, 11) is 3.98. The van der Waals surface area contributed by atoms with Gasteiger partial charge in [-0.15, -0.1) is 5.10 Å². The second kappa shape index (κ2) is 10.1. The van der Waals surface area contributed by atoms with Crippen LogP contribution in [0.3, 0.4) is 0 Å². The Bertz CT molecular complexity index is 1490. The normalized spacial score (nSPS) is 11.0. The molecule has 2 aromatic carbocycles. The average Bonchev–Trinajstić information content (AvgIpc) is 3.44. The minimum absolute atomic E-state index is 0.115. The fourth-order valence-electron chi connectivity index (χ4n) is 4.41. The monoisotopic (exact) mass is 494 g/mol. The quantitative estimate of drug-likeness (QED) is 0.268. The summed E-state index contributed by atoms with van der Waals surface area (Å²) >= 11 is 0. The number of esters is 3. The summed E-state index contributed by atoms with van der Waals surface area (Å²) in [6.07, 6.45) is 0. The molecule has 0 amide bonds. The Morgan fingerprint density at radius 2 is 1.61 bits per heavy atom. The van der Waals surface area contributed by atoms with Crippen LogP contribution < -0.4 is 4.74 Å². The van der Waals surface area contributed by atoms with Gasteiger partial charge in [0.1, 0.15) is 5.75 Å². The molecule has 188 valence electrons. The van der Waals surface area contributed by atoms with Crippen molar-refractivity contribution in [2.45, 2.75) is 26.9 Å². The van der Waals surface area contributed by atoms with Gasteiger partial charge in [0.15, 0.2) is 5.69 Å². The number of carbonyl (C=O) groups excluding carboxylic acids is 3. The molecule has 0 spiro atoms.